The molecule has 1 amide bonds. The molecule has 1 atom stereocenters. The van der Waals surface area contributed by atoms with Crippen LogP contribution in [0.5, 0.6) is 0 Å². The minimum atomic E-state index is -0.0897. The SMILES string of the molecule is CCCCCC(C)(C)CNC(=O)C(C)CCl. The van der Waals surface area contributed by atoms with E-state index < -0.39 is 0 Å². The average Bonchev–Trinajstić information content (AvgIpc) is 2.25. The van der Waals surface area contributed by atoms with Gasteiger partial charge in [-0.1, -0.05) is 47.0 Å². The van der Waals surface area contributed by atoms with E-state index >= 15 is 0 Å². The molecule has 0 aliphatic rings. The number of hydrogen-bond acceptors (Lipinski definition) is 1. The van der Waals surface area contributed by atoms with E-state index in [2.05, 4.69) is 26.1 Å². The van der Waals surface area contributed by atoms with Crippen LogP contribution in [0.1, 0.15) is 53.4 Å². The van der Waals surface area contributed by atoms with Crippen molar-refractivity contribution in [3.63, 3.8) is 0 Å². The van der Waals surface area contributed by atoms with Crippen molar-refractivity contribution in [3.8, 4) is 0 Å². The summed E-state index contributed by atoms with van der Waals surface area (Å²) in [6.07, 6.45) is 4.92. The third-order valence-electron chi connectivity index (χ3n) is 2.88. The third-order valence-corrected chi connectivity index (χ3v) is 3.34. The molecule has 0 rings (SSSR count). The van der Waals surface area contributed by atoms with Crippen LogP contribution in [-0.4, -0.2) is 18.3 Å². The smallest absolute Gasteiger partial charge is 0.224 e. The Bertz CT molecular complexity index is 204. The highest BCUT2D eigenvalue weighted by atomic mass is 35.5. The molecular formula is C13H26ClNO. The highest BCUT2D eigenvalue weighted by molar-refractivity contribution is 6.19. The zero-order chi connectivity index (χ0) is 12.6. The van der Waals surface area contributed by atoms with Crippen LogP contribution in [0.4, 0.5) is 0 Å². The average molecular weight is 248 g/mol. The second-order valence-electron chi connectivity index (χ2n) is 5.39. The highest BCUT2D eigenvalue weighted by Gasteiger charge is 2.19. The lowest BCUT2D eigenvalue weighted by Gasteiger charge is -2.25. The molecule has 1 unspecified atom stereocenters. The molecule has 0 saturated carbocycles. The Morgan fingerprint density at radius 3 is 2.50 bits per heavy atom. The molecule has 2 nitrogen and oxygen atoms in total. The molecule has 0 aromatic carbocycles. The van der Waals surface area contributed by atoms with E-state index in [9.17, 15) is 4.79 Å². The highest BCUT2D eigenvalue weighted by Crippen LogP contribution is 2.22. The monoisotopic (exact) mass is 247 g/mol. The minimum Gasteiger partial charge on any atom is -0.355 e. The summed E-state index contributed by atoms with van der Waals surface area (Å²) in [5, 5.41) is 2.98. The molecule has 16 heavy (non-hydrogen) atoms. The van der Waals surface area contributed by atoms with Crippen molar-refractivity contribution >= 4 is 17.5 Å². The van der Waals surface area contributed by atoms with Crippen LogP contribution in [0, 0.1) is 11.3 Å². The number of nitrogens with one attached hydrogen (secondary N) is 1. The lowest BCUT2D eigenvalue weighted by Crippen LogP contribution is -2.37. The summed E-state index contributed by atoms with van der Waals surface area (Å²) < 4.78 is 0. The van der Waals surface area contributed by atoms with Gasteiger partial charge in [0, 0.05) is 18.3 Å². The van der Waals surface area contributed by atoms with Crippen LogP contribution in [0.3, 0.4) is 0 Å². The first kappa shape index (κ1) is 15.8. The van der Waals surface area contributed by atoms with Crippen LogP contribution in [0.2, 0.25) is 0 Å². The maximum atomic E-state index is 11.6. The Labute approximate surface area is 105 Å². The van der Waals surface area contributed by atoms with Gasteiger partial charge in [0.25, 0.3) is 0 Å². The molecule has 0 fully saturated rings. The fourth-order valence-corrected chi connectivity index (χ4v) is 1.65. The topological polar surface area (TPSA) is 29.1 Å². The predicted octanol–water partition coefficient (Wildman–Crippen LogP) is 3.58. The van der Waals surface area contributed by atoms with E-state index in [-0.39, 0.29) is 17.2 Å². The molecule has 0 saturated heterocycles. The Balaban J connectivity index is 3.84. The molecule has 0 aromatic rings. The third kappa shape index (κ3) is 7.10. The molecule has 96 valence electrons. The molecule has 1 N–H and O–H groups in total. The zero-order valence-electron chi connectivity index (χ0n) is 11.1. The van der Waals surface area contributed by atoms with Crippen molar-refractivity contribution in [2.45, 2.75) is 53.4 Å². The predicted molar refractivity (Wildman–Crippen MR) is 70.8 cm³/mol. The lowest BCUT2D eigenvalue weighted by molar-refractivity contribution is -0.124. The van der Waals surface area contributed by atoms with Crippen molar-refractivity contribution in [2.75, 3.05) is 12.4 Å². The Morgan fingerprint density at radius 1 is 1.38 bits per heavy atom. The molecule has 3 heteroatoms. The van der Waals surface area contributed by atoms with Crippen LogP contribution >= 0.6 is 11.6 Å². The minimum absolute atomic E-state index is 0.0681. The second-order valence-corrected chi connectivity index (χ2v) is 5.70. The van der Waals surface area contributed by atoms with Gasteiger partial charge in [-0.25, -0.2) is 0 Å². The van der Waals surface area contributed by atoms with Crippen molar-refractivity contribution in [2.24, 2.45) is 11.3 Å². The van der Waals surface area contributed by atoms with Gasteiger partial charge in [-0.2, -0.15) is 0 Å². The Kier molecular flexibility index (Phi) is 7.82. The van der Waals surface area contributed by atoms with E-state index in [1.54, 1.807) is 0 Å². The molecule has 0 radical (unpaired) electrons. The van der Waals surface area contributed by atoms with Crippen molar-refractivity contribution in [1.82, 2.24) is 5.32 Å². The van der Waals surface area contributed by atoms with E-state index in [1.807, 2.05) is 6.92 Å². The van der Waals surface area contributed by atoms with Gasteiger partial charge >= 0.3 is 0 Å². The Morgan fingerprint density at radius 2 is 2.00 bits per heavy atom. The quantitative estimate of drug-likeness (QED) is 0.516. The van der Waals surface area contributed by atoms with E-state index in [1.165, 1.54) is 19.3 Å². The number of halogens is 1. The van der Waals surface area contributed by atoms with Gasteiger partial charge in [0.1, 0.15) is 0 Å². The summed E-state index contributed by atoms with van der Waals surface area (Å²) in [6, 6.07) is 0. The summed E-state index contributed by atoms with van der Waals surface area (Å²) in [6.45, 7) is 9.21. The molecule has 0 aromatic heterocycles. The second kappa shape index (κ2) is 7.94. The number of amides is 1. The van der Waals surface area contributed by atoms with Crippen LogP contribution < -0.4 is 5.32 Å². The first-order valence-electron chi connectivity index (χ1n) is 6.26. The summed E-state index contributed by atoms with van der Waals surface area (Å²) in [7, 11) is 0. The van der Waals surface area contributed by atoms with Gasteiger partial charge in [0.2, 0.25) is 5.91 Å². The Hall–Kier alpha value is -0.240. The number of alkyl halides is 1. The van der Waals surface area contributed by atoms with Gasteiger partial charge in [0.05, 0.1) is 0 Å². The summed E-state index contributed by atoms with van der Waals surface area (Å²) in [5.41, 5.74) is 0.191. The lowest BCUT2D eigenvalue weighted by atomic mass is 9.87. The number of unbranched alkanes of at least 4 members (excludes halogenated alkanes) is 2. The summed E-state index contributed by atoms with van der Waals surface area (Å²) in [5.74, 6) is 0.369. The maximum absolute atomic E-state index is 11.6. The van der Waals surface area contributed by atoms with Crippen molar-refractivity contribution in [3.05, 3.63) is 0 Å². The molecule has 0 heterocycles. The van der Waals surface area contributed by atoms with Crippen molar-refractivity contribution < 1.29 is 4.79 Å². The van der Waals surface area contributed by atoms with Crippen LogP contribution in [-0.2, 0) is 4.79 Å². The molecular weight excluding hydrogens is 222 g/mol. The van der Waals surface area contributed by atoms with E-state index in [0.717, 1.165) is 13.0 Å². The largest absolute Gasteiger partial charge is 0.355 e. The number of rotatable bonds is 8. The fourth-order valence-electron chi connectivity index (χ4n) is 1.51. The molecule has 0 aliphatic carbocycles. The van der Waals surface area contributed by atoms with Crippen LogP contribution in [0.25, 0.3) is 0 Å². The summed E-state index contributed by atoms with van der Waals surface area (Å²) in [4.78, 5) is 11.6. The number of carbonyl (C=O) groups is 1. The zero-order valence-corrected chi connectivity index (χ0v) is 11.9. The number of hydrogen-bond donors (Lipinski definition) is 1. The van der Waals surface area contributed by atoms with E-state index in [0.29, 0.717) is 5.88 Å². The van der Waals surface area contributed by atoms with Gasteiger partial charge in [-0.3, -0.25) is 4.79 Å². The van der Waals surface area contributed by atoms with Gasteiger partial charge < -0.3 is 5.32 Å². The first-order chi connectivity index (χ1) is 7.43. The van der Waals surface area contributed by atoms with Gasteiger partial charge in [-0.15, -0.1) is 11.6 Å². The van der Waals surface area contributed by atoms with Gasteiger partial charge in [0.15, 0.2) is 0 Å². The molecule has 0 spiro atoms. The normalized spacial score (nSPS) is 13.6. The van der Waals surface area contributed by atoms with Crippen LogP contribution in [0.15, 0.2) is 0 Å². The van der Waals surface area contributed by atoms with E-state index in [4.69, 9.17) is 11.6 Å². The van der Waals surface area contributed by atoms with Crippen molar-refractivity contribution in [1.29, 1.82) is 0 Å². The maximum Gasteiger partial charge on any atom is 0.224 e. The van der Waals surface area contributed by atoms with Gasteiger partial charge in [-0.05, 0) is 11.8 Å². The first-order valence-corrected chi connectivity index (χ1v) is 6.80. The number of carbonyl (C=O) groups excluding carboxylic acids is 1. The summed E-state index contributed by atoms with van der Waals surface area (Å²) >= 11 is 5.64. The fraction of sp³-hybridized carbons (Fsp3) is 0.923. The standard InChI is InChI=1S/C13H26ClNO/c1-5-6-7-8-13(3,4)10-15-12(16)11(2)9-14/h11H,5-10H2,1-4H3,(H,15,16). The molecule has 0 bridgehead atoms. The molecule has 0 aliphatic heterocycles.